The first-order chi connectivity index (χ1) is 22.6. The number of amides is 2. The fraction of sp³-hybridized carbons (Fsp3) is 0.179. The van der Waals surface area contributed by atoms with Gasteiger partial charge in [-0.15, -0.1) is 0 Å². The molecule has 1 aliphatic rings. The van der Waals surface area contributed by atoms with Crippen molar-refractivity contribution >= 4 is 22.9 Å². The Labute approximate surface area is 274 Å². The van der Waals surface area contributed by atoms with Gasteiger partial charge in [-0.25, -0.2) is 0 Å². The van der Waals surface area contributed by atoms with Crippen molar-refractivity contribution in [2.24, 2.45) is 0 Å². The minimum atomic E-state index is -0.399. The normalized spacial score (nSPS) is 14.9. The van der Waals surface area contributed by atoms with Gasteiger partial charge in [0.2, 0.25) is 5.91 Å². The van der Waals surface area contributed by atoms with Crippen molar-refractivity contribution in [3.8, 4) is 11.5 Å². The number of hydrogen-bond acceptors (Lipinski definition) is 6. The third-order valence-electron chi connectivity index (χ3n) is 7.85. The average Bonchev–Trinajstić information content (AvgIpc) is 3.42. The molecule has 6 rings (SSSR count). The number of carbonyl (C=O) groups is 2. The highest BCUT2D eigenvalue weighted by Crippen LogP contribution is 2.31. The van der Waals surface area contributed by atoms with Crippen LogP contribution in [0.15, 0.2) is 133 Å². The van der Waals surface area contributed by atoms with E-state index >= 15 is 0 Å². The molecule has 1 fully saturated rings. The Morgan fingerprint density at radius 2 is 1.24 bits per heavy atom. The molecule has 2 atom stereocenters. The van der Waals surface area contributed by atoms with Crippen molar-refractivity contribution in [3.05, 3.63) is 167 Å². The van der Waals surface area contributed by atoms with Crippen molar-refractivity contribution in [2.75, 3.05) is 6.54 Å². The molecule has 0 saturated carbocycles. The second-order valence-electron chi connectivity index (χ2n) is 11.2. The lowest BCUT2D eigenvalue weighted by atomic mass is 9.95. The Morgan fingerprint density at radius 1 is 0.630 bits per heavy atom. The van der Waals surface area contributed by atoms with Gasteiger partial charge in [0.1, 0.15) is 13.2 Å². The van der Waals surface area contributed by atoms with Crippen LogP contribution in [-0.4, -0.2) is 22.9 Å². The summed E-state index contributed by atoms with van der Waals surface area (Å²) in [5, 5.41) is 5.48. The highest BCUT2D eigenvalue weighted by Gasteiger charge is 2.31. The van der Waals surface area contributed by atoms with Crippen LogP contribution in [0.1, 0.15) is 39.4 Å². The first-order valence-electron chi connectivity index (χ1n) is 15.5. The number of nitrogens with one attached hydrogen (secondary N) is 2. The Kier molecular flexibility index (Phi) is 10.4. The third-order valence-corrected chi connectivity index (χ3v) is 8.83. The van der Waals surface area contributed by atoms with Crippen LogP contribution in [0, 0.1) is 0 Å². The maximum absolute atomic E-state index is 12.2. The monoisotopic (exact) mass is 628 g/mol. The van der Waals surface area contributed by atoms with Gasteiger partial charge in [-0.3, -0.25) is 14.9 Å². The molecule has 2 N–H and O–H groups in total. The van der Waals surface area contributed by atoms with Crippen LogP contribution < -0.4 is 20.1 Å². The number of benzene rings is 5. The Bertz CT molecular complexity index is 1750. The van der Waals surface area contributed by atoms with Gasteiger partial charge < -0.3 is 14.8 Å². The van der Waals surface area contributed by atoms with E-state index in [-0.39, 0.29) is 17.2 Å². The molecule has 1 heterocycles. The molecule has 46 heavy (non-hydrogen) atoms. The van der Waals surface area contributed by atoms with Crippen molar-refractivity contribution in [2.45, 2.75) is 37.3 Å². The number of imide groups is 1. The summed E-state index contributed by atoms with van der Waals surface area (Å²) in [4.78, 5) is 23.9. The van der Waals surface area contributed by atoms with Gasteiger partial charge in [-0.2, -0.15) is 0 Å². The van der Waals surface area contributed by atoms with E-state index in [4.69, 9.17) is 9.47 Å². The van der Waals surface area contributed by atoms with Crippen LogP contribution in [0.3, 0.4) is 0 Å². The van der Waals surface area contributed by atoms with E-state index in [0.29, 0.717) is 25.4 Å². The zero-order valence-electron chi connectivity index (χ0n) is 25.4. The maximum atomic E-state index is 12.2. The standard InChI is InChI=1S/C39H36N2O4S/c42-38-36(46-39(43)41-38)25-31-15-10-18-33(23-31)37(32-16-8-3-9-17-32)40-22-21-28-19-20-34(44-26-29-11-4-1-5-12-29)35(24-28)45-27-30-13-6-2-7-14-30/h1-20,23-24,36-37,40H,21-22,25-27H2,(H,41,42,43). The van der Waals surface area contributed by atoms with Crippen LogP contribution in [-0.2, 0) is 30.8 Å². The minimum Gasteiger partial charge on any atom is -0.485 e. The lowest BCUT2D eigenvalue weighted by Gasteiger charge is -2.21. The van der Waals surface area contributed by atoms with Crippen LogP contribution in [0.5, 0.6) is 11.5 Å². The van der Waals surface area contributed by atoms with E-state index in [1.807, 2.05) is 72.8 Å². The maximum Gasteiger partial charge on any atom is 0.286 e. The van der Waals surface area contributed by atoms with Gasteiger partial charge >= 0.3 is 0 Å². The van der Waals surface area contributed by atoms with Crippen molar-refractivity contribution in [1.29, 1.82) is 0 Å². The predicted octanol–water partition coefficient (Wildman–Crippen LogP) is 7.66. The first-order valence-corrected chi connectivity index (χ1v) is 16.3. The van der Waals surface area contributed by atoms with Crippen LogP contribution in [0.2, 0.25) is 0 Å². The highest BCUT2D eigenvalue weighted by atomic mass is 32.2. The Balaban J connectivity index is 1.16. The lowest BCUT2D eigenvalue weighted by molar-refractivity contribution is -0.118. The molecule has 2 amide bonds. The number of ether oxygens (including phenoxy) is 2. The summed E-state index contributed by atoms with van der Waals surface area (Å²) in [5.41, 5.74) is 6.61. The number of rotatable bonds is 14. The second kappa shape index (κ2) is 15.4. The SMILES string of the molecule is O=C1NC(=O)C(Cc2cccc(C(NCCc3ccc(OCc4ccccc4)c(OCc4ccccc4)c3)c3ccccc3)c2)S1. The average molecular weight is 629 g/mol. The molecule has 0 aromatic heterocycles. The molecule has 7 heteroatoms. The summed E-state index contributed by atoms with van der Waals surface area (Å²) in [6.45, 7) is 1.63. The summed E-state index contributed by atoms with van der Waals surface area (Å²) >= 11 is 1.06. The van der Waals surface area contributed by atoms with Gasteiger partial charge in [0.15, 0.2) is 11.5 Å². The topological polar surface area (TPSA) is 76.7 Å². The third kappa shape index (κ3) is 8.44. The molecule has 2 unspecified atom stereocenters. The molecule has 6 nitrogen and oxygen atoms in total. The Morgan fingerprint density at radius 3 is 1.89 bits per heavy atom. The van der Waals surface area contributed by atoms with Crippen LogP contribution in [0.25, 0.3) is 0 Å². The summed E-state index contributed by atoms with van der Waals surface area (Å²) in [7, 11) is 0. The quantitative estimate of drug-likeness (QED) is 0.132. The highest BCUT2D eigenvalue weighted by molar-refractivity contribution is 8.15. The molecule has 232 valence electrons. The number of hydrogen-bond donors (Lipinski definition) is 2. The van der Waals surface area contributed by atoms with Crippen molar-refractivity contribution in [3.63, 3.8) is 0 Å². The van der Waals surface area contributed by atoms with Crippen molar-refractivity contribution < 1.29 is 19.1 Å². The predicted molar refractivity (Wildman–Crippen MR) is 183 cm³/mol. The molecule has 0 aliphatic carbocycles. The molecule has 5 aromatic rings. The summed E-state index contributed by atoms with van der Waals surface area (Å²) in [5.74, 6) is 1.21. The fourth-order valence-corrected chi connectivity index (χ4v) is 6.35. The van der Waals surface area contributed by atoms with E-state index in [0.717, 1.165) is 63.9 Å². The van der Waals surface area contributed by atoms with Gasteiger partial charge in [-0.05, 0) is 58.4 Å². The van der Waals surface area contributed by atoms with Crippen LogP contribution >= 0.6 is 11.8 Å². The zero-order chi connectivity index (χ0) is 31.6. The van der Waals surface area contributed by atoms with Gasteiger partial charge in [-0.1, -0.05) is 133 Å². The van der Waals surface area contributed by atoms with E-state index in [2.05, 4.69) is 71.3 Å². The van der Waals surface area contributed by atoms with Gasteiger partial charge in [0, 0.05) is 6.54 Å². The van der Waals surface area contributed by atoms with Crippen LogP contribution in [0.4, 0.5) is 4.79 Å². The molecule has 0 spiro atoms. The van der Waals surface area contributed by atoms with Crippen molar-refractivity contribution in [1.82, 2.24) is 10.6 Å². The molecule has 5 aromatic carbocycles. The molecule has 1 saturated heterocycles. The number of thioether (sulfide) groups is 1. The summed E-state index contributed by atoms with van der Waals surface area (Å²) in [6.07, 6.45) is 1.28. The largest absolute Gasteiger partial charge is 0.485 e. The summed E-state index contributed by atoms with van der Waals surface area (Å²) in [6, 6.07) is 45.0. The van der Waals surface area contributed by atoms with Gasteiger partial charge in [0.25, 0.3) is 5.24 Å². The van der Waals surface area contributed by atoms with E-state index < -0.39 is 5.25 Å². The first kappa shape index (κ1) is 31.1. The molecular weight excluding hydrogens is 593 g/mol. The van der Waals surface area contributed by atoms with E-state index in [9.17, 15) is 9.59 Å². The number of carbonyl (C=O) groups excluding carboxylic acids is 2. The molecule has 0 radical (unpaired) electrons. The fourth-order valence-electron chi connectivity index (χ4n) is 5.49. The molecule has 1 aliphatic heterocycles. The zero-order valence-corrected chi connectivity index (χ0v) is 26.2. The summed E-state index contributed by atoms with van der Waals surface area (Å²) < 4.78 is 12.5. The van der Waals surface area contributed by atoms with E-state index in [1.165, 1.54) is 0 Å². The second-order valence-corrected chi connectivity index (χ2v) is 12.4. The Hall–Kier alpha value is -4.85. The van der Waals surface area contributed by atoms with E-state index in [1.54, 1.807) is 0 Å². The molecule has 0 bridgehead atoms. The lowest BCUT2D eigenvalue weighted by Crippen LogP contribution is -2.26. The van der Waals surface area contributed by atoms with Gasteiger partial charge in [0.05, 0.1) is 11.3 Å². The molecular formula is C39H36N2O4S. The smallest absolute Gasteiger partial charge is 0.286 e. The minimum absolute atomic E-state index is 0.0462.